The molecular weight excluding hydrogens is 162 g/mol. The average molecular weight is 175 g/mol. The minimum absolute atomic E-state index is 0.172. The molecule has 0 aromatic heterocycles. The van der Waals surface area contributed by atoms with Crippen molar-refractivity contribution in [3.63, 3.8) is 0 Å². The van der Waals surface area contributed by atoms with Gasteiger partial charge in [0.25, 0.3) is 0 Å². The topological polar surface area (TPSA) is 46.2 Å². The lowest BCUT2D eigenvalue weighted by Gasteiger charge is -2.00. The van der Waals surface area contributed by atoms with Crippen LogP contribution in [0.2, 0.25) is 0 Å². The Balaban J connectivity index is 3.49. The van der Waals surface area contributed by atoms with Gasteiger partial charge in [-0.15, -0.1) is 6.42 Å². The molecule has 0 spiro atoms. The molecule has 0 bridgehead atoms. The fourth-order valence-electron chi connectivity index (χ4n) is 0.533. The fourth-order valence-corrected chi connectivity index (χ4v) is 1.28. The Labute approximate surface area is 68.1 Å². The van der Waals surface area contributed by atoms with E-state index in [1.54, 1.807) is 6.92 Å². The maximum Gasteiger partial charge on any atom is 0.151 e. The van der Waals surface area contributed by atoms with Crippen molar-refractivity contribution in [1.82, 2.24) is 5.32 Å². The quantitative estimate of drug-likeness (QED) is 0.458. The smallest absolute Gasteiger partial charge is 0.151 e. The Kier molecular flexibility index (Phi) is 4.92. The van der Waals surface area contributed by atoms with E-state index in [2.05, 4.69) is 11.2 Å². The van der Waals surface area contributed by atoms with Crippen LogP contribution in [0, 0.1) is 12.3 Å². The SMILES string of the molecule is C#CCNCCS(=O)(=O)CC. The average Bonchev–Trinajstić information content (AvgIpc) is 1.99. The molecule has 0 aromatic carbocycles. The molecule has 64 valence electrons. The van der Waals surface area contributed by atoms with Crippen LogP contribution in [0.3, 0.4) is 0 Å². The lowest BCUT2D eigenvalue weighted by Crippen LogP contribution is -2.23. The van der Waals surface area contributed by atoms with Crippen LogP contribution in [0.1, 0.15) is 6.92 Å². The largest absolute Gasteiger partial charge is 0.305 e. The number of nitrogens with one attached hydrogen (secondary N) is 1. The predicted molar refractivity (Wildman–Crippen MR) is 46.0 cm³/mol. The Morgan fingerprint density at radius 3 is 2.64 bits per heavy atom. The number of hydrogen-bond acceptors (Lipinski definition) is 3. The molecule has 0 saturated heterocycles. The minimum atomic E-state index is -2.83. The van der Waals surface area contributed by atoms with E-state index < -0.39 is 9.84 Å². The summed E-state index contributed by atoms with van der Waals surface area (Å²) in [5.41, 5.74) is 0. The van der Waals surface area contributed by atoms with Crippen LogP contribution in [-0.2, 0) is 9.84 Å². The van der Waals surface area contributed by atoms with Gasteiger partial charge >= 0.3 is 0 Å². The van der Waals surface area contributed by atoms with E-state index in [1.165, 1.54) is 0 Å². The van der Waals surface area contributed by atoms with Crippen molar-refractivity contribution >= 4 is 9.84 Å². The van der Waals surface area contributed by atoms with Crippen molar-refractivity contribution in [2.24, 2.45) is 0 Å². The van der Waals surface area contributed by atoms with Crippen LogP contribution in [0.25, 0.3) is 0 Å². The van der Waals surface area contributed by atoms with Crippen molar-refractivity contribution in [3.8, 4) is 12.3 Å². The van der Waals surface area contributed by atoms with E-state index in [0.717, 1.165) is 0 Å². The van der Waals surface area contributed by atoms with Gasteiger partial charge in [0.15, 0.2) is 9.84 Å². The number of hydrogen-bond donors (Lipinski definition) is 1. The van der Waals surface area contributed by atoms with E-state index in [1.807, 2.05) is 0 Å². The van der Waals surface area contributed by atoms with Gasteiger partial charge in [0, 0.05) is 12.3 Å². The van der Waals surface area contributed by atoms with E-state index >= 15 is 0 Å². The molecule has 0 rings (SSSR count). The molecule has 0 aliphatic rings. The summed E-state index contributed by atoms with van der Waals surface area (Å²) in [5.74, 6) is 2.74. The highest BCUT2D eigenvalue weighted by Gasteiger charge is 2.04. The second-order valence-electron chi connectivity index (χ2n) is 2.12. The Morgan fingerprint density at radius 2 is 2.18 bits per heavy atom. The predicted octanol–water partition coefficient (Wildman–Crippen LogP) is -0.356. The molecule has 0 aromatic rings. The summed E-state index contributed by atoms with van der Waals surface area (Å²) in [6.07, 6.45) is 4.95. The molecule has 1 N–H and O–H groups in total. The Bertz CT molecular complexity index is 225. The van der Waals surface area contributed by atoms with E-state index in [4.69, 9.17) is 6.42 Å². The summed E-state index contributed by atoms with van der Waals surface area (Å²) >= 11 is 0. The molecule has 11 heavy (non-hydrogen) atoms. The first-order chi connectivity index (χ1) is 5.12. The molecule has 3 nitrogen and oxygen atoms in total. The van der Waals surface area contributed by atoms with Gasteiger partial charge in [0.2, 0.25) is 0 Å². The van der Waals surface area contributed by atoms with Crippen molar-refractivity contribution < 1.29 is 8.42 Å². The summed E-state index contributed by atoms with van der Waals surface area (Å²) < 4.78 is 21.7. The van der Waals surface area contributed by atoms with Crippen molar-refractivity contribution in [3.05, 3.63) is 0 Å². The molecule has 0 heterocycles. The van der Waals surface area contributed by atoms with Gasteiger partial charge in [-0.3, -0.25) is 0 Å². The molecule has 0 aliphatic heterocycles. The maximum absolute atomic E-state index is 10.9. The normalized spacial score (nSPS) is 10.9. The zero-order valence-electron chi connectivity index (χ0n) is 6.63. The van der Waals surface area contributed by atoms with Crippen LogP contribution in [0.5, 0.6) is 0 Å². The summed E-state index contributed by atoms with van der Waals surface area (Å²) in [6.45, 7) is 2.51. The van der Waals surface area contributed by atoms with E-state index in [9.17, 15) is 8.42 Å². The third kappa shape index (κ3) is 5.89. The van der Waals surface area contributed by atoms with Gasteiger partial charge in [-0.05, 0) is 0 Å². The molecule has 0 atom stereocenters. The summed E-state index contributed by atoms with van der Waals surface area (Å²) in [4.78, 5) is 0. The zero-order chi connectivity index (χ0) is 8.74. The number of rotatable bonds is 5. The first kappa shape index (κ1) is 10.5. The highest BCUT2D eigenvalue weighted by atomic mass is 32.2. The second kappa shape index (κ2) is 5.16. The molecule has 4 heteroatoms. The molecule has 0 aliphatic carbocycles. The van der Waals surface area contributed by atoms with E-state index in [-0.39, 0.29) is 11.5 Å². The van der Waals surface area contributed by atoms with Crippen molar-refractivity contribution in [2.45, 2.75) is 6.92 Å². The minimum Gasteiger partial charge on any atom is -0.305 e. The summed E-state index contributed by atoms with van der Waals surface area (Å²) in [7, 11) is -2.83. The van der Waals surface area contributed by atoms with Crippen LogP contribution in [-0.4, -0.2) is 33.0 Å². The summed E-state index contributed by atoms with van der Waals surface area (Å²) in [6, 6.07) is 0. The number of terminal acetylenes is 1. The molecule has 0 fully saturated rings. The maximum atomic E-state index is 10.9. The van der Waals surface area contributed by atoms with Gasteiger partial charge in [-0.2, -0.15) is 0 Å². The molecule has 0 amide bonds. The van der Waals surface area contributed by atoms with Crippen molar-refractivity contribution in [1.29, 1.82) is 0 Å². The fraction of sp³-hybridized carbons (Fsp3) is 0.714. The van der Waals surface area contributed by atoms with Crippen LogP contribution < -0.4 is 5.32 Å². The third-order valence-corrected chi connectivity index (χ3v) is 2.96. The van der Waals surface area contributed by atoms with Crippen LogP contribution in [0.15, 0.2) is 0 Å². The molecule has 0 unspecified atom stereocenters. The van der Waals surface area contributed by atoms with Gasteiger partial charge in [0.05, 0.1) is 12.3 Å². The molecule has 0 saturated carbocycles. The lowest BCUT2D eigenvalue weighted by molar-refractivity contribution is 0.594. The zero-order valence-corrected chi connectivity index (χ0v) is 7.45. The van der Waals surface area contributed by atoms with Gasteiger partial charge in [-0.25, -0.2) is 8.42 Å². The van der Waals surface area contributed by atoms with Gasteiger partial charge in [-0.1, -0.05) is 12.8 Å². The summed E-state index contributed by atoms with van der Waals surface area (Å²) in [5, 5.41) is 2.81. The lowest BCUT2D eigenvalue weighted by atomic mass is 10.6. The first-order valence-electron chi connectivity index (χ1n) is 3.47. The highest BCUT2D eigenvalue weighted by molar-refractivity contribution is 7.91. The van der Waals surface area contributed by atoms with Crippen LogP contribution >= 0.6 is 0 Å². The Hall–Kier alpha value is -0.530. The first-order valence-corrected chi connectivity index (χ1v) is 5.29. The van der Waals surface area contributed by atoms with Crippen molar-refractivity contribution in [2.75, 3.05) is 24.6 Å². The van der Waals surface area contributed by atoms with Gasteiger partial charge < -0.3 is 5.32 Å². The number of sulfone groups is 1. The molecular formula is C7H13NO2S. The third-order valence-electron chi connectivity index (χ3n) is 1.26. The van der Waals surface area contributed by atoms with E-state index in [0.29, 0.717) is 13.1 Å². The Morgan fingerprint density at radius 1 is 1.55 bits per heavy atom. The standard InChI is InChI=1S/C7H13NO2S/c1-3-5-8-6-7-11(9,10)4-2/h1,8H,4-7H2,2H3. The van der Waals surface area contributed by atoms with Crippen LogP contribution in [0.4, 0.5) is 0 Å². The molecule has 0 radical (unpaired) electrons. The monoisotopic (exact) mass is 175 g/mol. The van der Waals surface area contributed by atoms with Gasteiger partial charge in [0.1, 0.15) is 0 Å². The highest BCUT2D eigenvalue weighted by Crippen LogP contribution is 1.86. The second-order valence-corrected chi connectivity index (χ2v) is 4.59.